The van der Waals surface area contributed by atoms with Crippen molar-refractivity contribution in [3.05, 3.63) is 41.2 Å². The number of carbonyl (C=O) groups excluding carboxylic acids is 2. The van der Waals surface area contributed by atoms with Crippen LogP contribution in [0.4, 0.5) is 4.39 Å². The van der Waals surface area contributed by atoms with Crippen molar-refractivity contribution in [1.29, 1.82) is 5.26 Å². The predicted molar refractivity (Wildman–Crippen MR) is 67.7 cm³/mol. The molecule has 1 fully saturated rings. The van der Waals surface area contributed by atoms with Crippen molar-refractivity contribution < 1.29 is 23.9 Å². The number of carboxylic acids is 1. The standard InChI is InChI=1S/C14H9FN2O4/c15-10-4-2-1-3-8(10)13(9(7-16)14(20)21)17-11(18)5-6-12(17)19/h1-4H,5-6H2,(H,20,21). The number of likely N-dealkylation sites (tertiary alicyclic amines) is 1. The first-order chi connectivity index (χ1) is 9.97. The molecule has 106 valence electrons. The van der Waals surface area contributed by atoms with E-state index in [1.165, 1.54) is 24.3 Å². The summed E-state index contributed by atoms with van der Waals surface area (Å²) in [7, 11) is 0. The number of carboxylic acid groups (broad SMARTS) is 1. The Balaban J connectivity index is 2.76. The summed E-state index contributed by atoms with van der Waals surface area (Å²) in [6.45, 7) is 0. The van der Waals surface area contributed by atoms with Crippen LogP contribution in [0.5, 0.6) is 0 Å². The van der Waals surface area contributed by atoms with Gasteiger partial charge in [-0.05, 0) is 12.1 Å². The maximum Gasteiger partial charge on any atom is 0.348 e. The van der Waals surface area contributed by atoms with Crippen LogP contribution in [-0.2, 0) is 14.4 Å². The first-order valence-corrected chi connectivity index (χ1v) is 5.95. The highest BCUT2D eigenvalue weighted by Gasteiger charge is 2.36. The van der Waals surface area contributed by atoms with E-state index in [0.717, 1.165) is 6.07 Å². The monoisotopic (exact) mass is 288 g/mol. The maximum absolute atomic E-state index is 13.9. The smallest absolute Gasteiger partial charge is 0.348 e. The first-order valence-electron chi connectivity index (χ1n) is 5.95. The van der Waals surface area contributed by atoms with E-state index in [-0.39, 0.29) is 18.4 Å². The van der Waals surface area contributed by atoms with Crippen molar-refractivity contribution in [3.63, 3.8) is 0 Å². The van der Waals surface area contributed by atoms with Gasteiger partial charge in [0, 0.05) is 18.4 Å². The Morgan fingerprint density at radius 3 is 2.29 bits per heavy atom. The van der Waals surface area contributed by atoms with Crippen LogP contribution in [0.2, 0.25) is 0 Å². The molecule has 0 saturated carbocycles. The van der Waals surface area contributed by atoms with Crippen LogP contribution in [0.25, 0.3) is 5.70 Å². The molecule has 0 atom stereocenters. The van der Waals surface area contributed by atoms with Crippen molar-refractivity contribution in [2.75, 3.05) is 0 Å². The molecular weight excluding hydrogens is 279 g/mol. The molecule has 1 aliphatic rings. The van der Waals surface area contributed by atoms with Gasteiger partial charge in [-0.3, -0.25) is 9.59 Å². The lowest BCUT2D eigenvalue weighted by Gasteiger charge is -2.19. The molecule has 21 heavy (non-hydrogen) atoms. The fourth-order valence-corrected chi connectivity index (χ4v) is 2.05. The van der Waals surface area contributed by atoms with E-state index in [0.29, 0.717) is 4.90 Å². The van der Waals surface area contributed by atoms with Gasteiger partial charge in [0.05, 0.1) is 5.70 Å². The maximum atomic E-state index is 13.9. The number of halogens is 1. The highest BCUT2D eigenvalue weighted by atomic mass is 19.1. The topological polar surface area (TPSA) is 98.5 Å². The third-order valence-electron chi connectivity index (χ3n) is 2.97. The Morgan fingerprint density at radius 1 is 1.24 bits per heavy atom. The second kappa shape index (κ2) is 5.54. The molecule has 2 rings (SSSR count). The molecule has 0 radical (unpaired) electrons. The van der Waals surface area contributed by atoms with Crippen LogP contribution in [-0.4, -0.2) is 27.8 Å². The summed E-state index contributed by atoms with van der Waals surface area (Å²) >= 11 is 0. The van der Waals surface area contributed by atoms with Crippen LogP contribution >= 0.6 is 0 Å². The minimum atomic E-state index is -1.64. The minimum absolute atomic E-state index is 0.102. The van der Waals surface area contributed by atoms with Crippen molar-refractivity contribution >= 4 is 23.5 Å². The SMILES string of the molecule is N#CC(C(=O)O)=C(c1ccccc1F)N1C(=O)CCC1=O. The lowest BCUT2D eigenvalue weighted by Crippen LogP contribution is -2.30. The van der Waals surface area contributed by atoms with Crippen molar-refractivity contribution in [1.82, 2.24) is 4.90 Å². The van der Waals surface area contributed by atoms with Gasteiger partial charge in [-0.2, -0.15) is 5.26 Å². The van der Waals surface area contributed by atoms with Gasteiger partial charge in [0.1, 0.15) is 11.9 Å². The second-order valence-electron chi connectivity index (χ2n) is 4.24. The lowest BCUT2D eigenvalue weighted by atomic mass is 10.0. The summed E-state index contributed by atoms with van der Waals surface area (Å²) in [6, 6.07) is 6.47. The van der Waals surface area contributed by atoms with Crippen LogP contribution in [0.1, 0.15) is 18.4 Å². The summed E-state index contributed by atoms with van der Waals surface area (Å²) in [5, 5.41) is 18.1. The third kappa shape index (κ3) is 2.51. The zero-order chi connectivity index (χ0) is 15.6. The fraction of sp³-hybridized carbons (Fsp3) is 0.143. The van der Waals surface area contributed by atoms with Crippen LogP contribution in [0.15, 0.2) is 29.8 Å². The predicted octanol–water partition coefficient (Wildman–Crippen LogP) is 1.29. The zero-order valence-electron chi connectivity index (χ0n) is 10.7. The van der Waals surface area contributed by atoms with Gasteiger partial charge in [-0.1, -0.05) is 12.1 Å². The average Bonchev–Trinajstić information content (AvgIpc) is 2.76. The van der Waals surface area contributed by atoms with Crippen LogP contribution in [0, 0.1) is 17.1 Å². The molecule has 2 amide bonds. The number of nitriles is 1. The van der Waals surface area contributed by atoms with Crippen LogP contribution < -0.4 is 0 Å². The first kappa shape index (κ1) is 14.4. The average molecular weight is 288 g/mol. The Labute approximate surface area is 118 Å². The minimum Gasteiger partial charge on any atom is -0.477 e. The molecule has 7 heteroatoms. The quantitative estimate of drug-likeness (QED) is 0.513. The lowest BCUT2D eigenvalue weighted by molar-refractivity contribution is -0.134. The number of carbonyl (C=O) groups is 3. The summed E-state index contributed by atoms with van der Waals surface area (Å²) in [6.07, 6.45) is -0.204. The fourth-order valence-electron chi connectivity index (χ4n) is 2.05. The Kier molecular flexibility index (Phi) is 3.80. The molecule has 0 aliphatic carbocycles. The van der Waals surface area contributed by atoms with Crippen LogP contribution in [0.3, 0.4) is 0 Å². The van der Waals surface area contributed by atoms with E-state index < -0.39 is 34.9 Å². The van der Waals surface area contributed by atoms with E-state index in [1.54, 1.807) is 0 Å². The molecule has 1 aliphatic heterocycles. The number of imide groups is 1. The number of nitrogens with zero attached hydrogens (tertiary/aromatic N) is 2. The van der Waals surface area contributed by atoms with Gasteiger partial charge in [-0.15, -0.1) is 0 Å². The molecule has 1 aromatic rings. The highest BCUT2D eigenvalue weighted by Crippen LogP contribution is 2.30. The number of hydrogen-bond donors (Lipinski definition) is 1. The summed E-state index contributed by atoms with van der Waals surface area (Å²) in [4.78, 5) is 35.3. The molecular formula is C14H9FN2O4. The summed E-state index contributed by atoms with van der Waals surface area (Å²) < 4.78 is 13.9. The Bertz CT molecular complexity index is 702. The van der Waals surface area contributed by atoms with Gasteiger partial charge in [-0.25, -0.2) is 14.1 Å². The largest absolute Gasteiger partial charge is 0.477 e. The Hall–Kier alpha value is -3.01. The summed E-state index contributed by atoms with van der Waals surface area (Å²) in [5.74, 6) is -3.78. The number of rotatable bonds is 3. The normalized spacial score (nSPS) is 15.7. The summed E-state index contributed by atoms with van der Waals surface area (Å²) in [5.41, 5.74) is -1.65. The molecule has 6 nitrogen and oxygen atoms in total. The van der Waals surface area contributed by atoms with E-state index in [4.69, 9.17) is 10.4 Å². The number of amides is 2. The Morgan fingerprint density at radius 2 is 1.81 bits per heavy atom. The van der Waals surface area contributed by atoms with E-state index in [9.17, 15) is 18.8 Å². The van der Waals surface area contributed by atoms with Gasteiger partial charge in [0.2, 0.25) is 11.8 Å². The number of hydrogen-bond acceptors (Lipinski definition) is 4. The van der Waals surface area contributed by atoms with Crippen molar-refractivity contribution in [2.45, 2.75) is 12.8 Å². The molecule has 1 heterocycles. The van der Waals surface area contributed by atoms with Gasteiger partial charge < -0.3 is 5.11 Å². The number of aliphatic carboxylic acids is 1. The highest BCUT2D eigenvalue weighted by molar-refractivity contribution is 6.13. The van der Waals surface area contributed by atoms with E-state index in [2.05, 4.69) is 0 Å². The molecule has 0 aromatic heterocycles. The molecule has 0 bridgehead atoms. The van der Waals surface area contributed by atoms with Gasteiger partial charge in [0.25, 0.3) is 0 Å². The van der Waals surface area contributed by atoms with Gasteiger partial charge >= 0.3 is 5.97 Å². The molecule has 1 N–H and O–H groups in total. The third-order valence-corrected chi connectivity index (χ3v) is 2.97. The molecule has 1 saturated heterocycles. The molecule has 0 spiro atoms. The van der Waals surface area contributed by atoms with Gasteiger partial charge in [0.15, 0.2) is 5.57 Å². The zero-order valence-corrected chi connectivity index (χ0v) is 10.7. The molecule has 0 unspecified atom stereocenters. The second-order valence-corrected chi connectivity index (χ2v) is 4.24. The van der Waals surface area contributed by atoms with E-state index >= 15 is 0 Å². The van der Waals surface area contributed by atoms with Crippen molar-refractivity contribution in [3.8, 4) is 6.07 Å². The van der Waals surface area contributed by atoms with E-state index in [1.807, 2.05) is 0 Å². The molecule has 1 aromatic carbocycles. The van der Waals surface area contributed by atoms with Crippen molar-refractivity contribution in [2.24, 2.45) is 0 Å². The number of benzene rings is 1.